The highest BCUT2D eigenvalue weighted by molar-refractivity contribution is 6.32. The summed E-state index contributed by atoms with van der Waals surface area (Å²) in [5.74, 6) is 0.729. The van der Waals surface area contributed by atoms with Crippen LogP contribution < -0.4 is 20.5 Å². The second kappa shape index (κ2) is 6.85. The zero-order chi connectivity index (χ0) is 15.2. The molecular weight excluding hydrogens is 292 g/mol. The Hall–Kier alpha value is -2.40. The summed E-state index contributed by atoms with van der Waals surface area (Å²) in [4.78, 5) is 11.8. The molecule has 6 heteroatoms. The molecule has 3 N–H and O–H groups in total. The maximum atomic E-state index is 11.8. The van der Waals surface area contributed by atoms with Gasteiger partial charge in [-0.05, 0) is 24.3 Å². The van der Waals surface area contributed by atoms with E-state index >= 15 is 0 Å². The zero-order valence-corrected chi connectivity index (χ0v) is 12.2. The van der Waals surface area contributed by atoms with Crippen molar-refractivity contribution < 1.29 is 14.3 Å². The molecule has 0 aliphatic rings. The van der Waals surface area contributed by atoms with E-state index in [0.29, 0.717) is 27.9 Å². The topological polar surface area (TPSA) is 73.6 Å². The van der Waals surface area contributed by atoms with Crippen molar-refractivity contribution in [3.05, 3.63) is 47.5 Å². The quantitative estimate of drug-likeness (QED) is 0.833. The number of ether oxygens (including phenoxy) is 2. The van der Waals surface area contributed by atoms with Crippen LogP contribution in [0.1, 0.15) is 0 Å². The van der Waals surface area contributed by atoms with Crippen molar-refractivity contribution in [3.63, 3.8) is 0 Å². The fourth-order valence-corrected chi connectivity index (χ4v) is 1.84. The van der Waals surface area contributed by atoms with Crippen molar-refractivity contribution >= 4 is 28.9 Å². The van der Waals surface area contributed by atoms with E-state index in [1.807, 2.05) is 0 Å². The van der Waals surface area contributed by atoms with Gasteiger partial charge in [-0.3, -0.25) is 4.79 Å². The maximum Gasteiger partial charge on any atom is 0.262 e. The second-order valence-electron chi connectivity index (χ2n) is 4.26. The highest BCUT2D eigenvalue weighted by Crippen LogP contribution is 2.26. The van der Waals surface area contributed by atoms with Crippen molar-refractivity contribution in [2.75, 3.05) is 24.8 Å². The van der Waals surface area contributed by atoms with Gasteiger partial charge < -0.3 is 20.5 Å². The highest BCUT2D eigenvalue weighted by Gasteiger charge is 2.07. The Balaban J connectivity index is 1.94. The molecule has 0 aromatic heterocycles. The van der Waals surface area contributed by atoms with E-state index in [0.717, 1.165) is 0 Å². The fourth-order valence-electron chi connectivity index (χ4n) is 1.67. The Morgan fingerprint density at radius 2 is 2.10 bits per heavy atom. The standard InChI is InChI=1S/C15H15ClN2O3/c1-20-12-4-2-3-11(8-12)18-15(19)9-21-14-7-10(17)5-6-13(14)16/h2-8H,9,17H2,1H3,(H,18,19). The lowest BCUT2D eigenvalue weighted by Crippen LogP contribution is -2.20. The second-order valence-corrected chi connectivity index (χ2v) is 4.67. The van der Waals surface area contributed by atoms with Gasteiger partial charge >= 0.3 is 0 Å². The van der Waals surface area contributed by atoms with E-state index in [1.165, 1.54) is 0 Å². The number of hydrogen-bond acceptors (Lipinski definition) is 4. The third kappa shape index (κ3) is 4.29. The van der Waals surface area contributed by atoms with Crippen LogP contribution in [0.5, 0.6) is 11.5 Å². The van der Waals surface area contributed by atoms with Crippen LogP contribution >= 0.6 is 11.6 Å². The van der Waals surface area contributed by atoms with Crippen molar-refractivity contribution in [2.24, 2.45) is 0 Å². The SMILES string of the molecule is COc1cccc(NC(=O)COc2cc(N)ccc2Cl)c1. The van der Waals surface area contributed by atoms with Crippen LogP contribution in [0.2, 0.25) is 5.02 Å². The number of amides is 1. The van der Waals surface area contributed by atoms with Gasteiger partial charge in [-0.2, -0.15) is 0 Å². The molecule has 0 bridgehead atoms. The van der Waals surface area contributed by atoms with Gasteiger partial charge in [-0.1, -0.05) is 17.7 Å². The summed E-state index contributed by atoms with van der Waals surface area (Å²) in [5.41, 5.74) is 6.78. The van der Waals surface area contributed by atoms with Crippen LogP contribution in [0.4, 0.5) is 11.4 Å². The molecule has 0 fully saturated rings. The summed E-state index contributed by atoms with van der Waals surface area (Å²) in [6.07, 6.45) is 0. The molecule has 110 valence electrons. The van der Waals surface area contributed by atoms with Crippen LogP contribution in [-0.2, 0) is 4.79 Å². The van der Waals surface area contributed by atoms with Crippen LogP contribution in [0.3, 0.4) is 0 Å². The number of benzene rings is 2. The van der Waals surface area contributed by atoms with E-state index < -0.39 is 0 Å². The number of carbonyl (C=O) groups is 1. The largest absolute Gasteiger partial charge is 0.497 e. The predicted octanol–water partition coefficient (Wildman–Crippen LogP) is 2.95. The Labute approximate surface area is 127 Å². The van der Waals surface area contributed by atoms with E-state index in [9.17, 15) is 4.79 Å². The van der Waals surface area contributed by atoms with Crippen LogP contribution in [0.25, 0.3) is 0 Å². The lowest BCUT2D eigenvalue weighted by Gasteiger charge is -2.10. The average molecular weight is 307 g/mol. The molecule has 0 saturated carbocycles. The number of halogens is 1. The molecule has 21 heavy (non-hydrogen) atoms. The monoisotopic (exact) mass is 306 g/mol. The number of hydrogen-bond donors (Lipinski definition) is 2. The molecule has 1 amide bonds. The van der Waals surface area contributed by atoms with Gasteiger partial charge in [0.05, 0.1) is 12.1 Å². The van der Waals surface area contributed by atoms with Gasteiger partial charge in [-0.15, -0.1) is 0 Å². The lowest BCUT2D eigenvalue weighted by molar-refractivity contribution is -0.118. The van der Waals surface area contributed by atoms with Crippen LogP contribution in [0, 0.1) is 0 Å². The average Bonchev–Trinajstić information content (AvgIpc) is 2.48. The normalized spacial score (nSPS) is 10.0. The Morgan fingerprint density at radius 1 is 1.29 bits per heavy atom. The minimum Gasteiger partial charge on any atom is -0.497 e. The van der Waals surface area contributed by atoms with Crippen LogP contribution in [0.15, 0.2) is 42.5 Å². The molecule has 5 nitrogen and oxygen atoms in total. The third-order valence-electron chi connectivity index (χ3n) is 2.67. The lowest BCUT2D eigenvalue weighted by atomic mass is 10.3. The Bertz CT molecular complexity index is 647. The summed E-state index contributed by atoms with van der Waals surface area (Å²) in [7, 11) is 1.56. The zero-order valence-electron chi connectivity index (χ0n) is 11.4. The number of rotatable bonds is 5. The van der Waals surface area contributed by atoms with Gasteiger partial charge in [-0.25, -0.2) is 0 Å². The van der Waals surface area contributed by atoms with Crippen molar-refractivity contribution in [3.8, 4) is 11.5 Å². The van der Waals surface area contributed by atoms with Crippen molar-refractivity contribution in [2.45, 2.75) is 0 Å². The van der Waals surface area contributed by atoms with E-state index in [1.54, 1.807) is 49.6 Å². The summed E-state index contributed by atoms with van der Waals surface area (Å²) >= 11 is 5.95. The third-order valence-corrected chi connectivity index (χ3v) is 2.98. The molecule has 0 saturated heterocycles. The molecule has 0 aliphatic heterocycles. The summed E-state index contributed by atoms with van der Waals surface area (Å²) in [6.45, 7) is -0.166. The fraction of sp³-hybridized carbons (Fsp3) is 0.133. The molecule has 0 spiro atoms. The summed E-state index contributed by atoms with van der Waals surface area (Å²) in [6, 6.07) is 11.9. The predicted molar refractivity (Wildman–Crippen MR) is 83.0 cm³/mol. The summed E-state index contributed by atoms with van der Waals surface area (Å²) < 4.78 is 10.4. The molecule has 2 rings (SSSR count). The first-order chi connectivity index (χ1) is 10.1. The van der Waals surface area contributed by atoms with Gasteiger partial charge in [0.15, 0.2) is 6.61 Å². The molecular formula is C15H15ClN2O3. The number of nitrogen functional groups attached to an aromatic ring is 1. The minimum atomic E-state index is -0.304. The van der Waals surface area contributed by atoms with E-state index in [-0.39, 0.29) is 12.5 Å². The molecule has 0 atom stereocenters. The summed E-state index contributed by atoms with van der Waals surface area (Å²) in [5, 5.41) is 3.10. The number of methoxy groups -OCH3 is 1. The number of nitrogens with two attached hydrogens (primary N) is 1. The van der Waals surface area contributed by atoms with E-state index in [2.05, 4.69) is 5.32 Å². The molecule has 0 heterocycles. The van der Waals surface area contributed by atoms with Gasteiger partial charge in [0.1, 0.15) is 11.5 Å². The van der Waals surface area contributed by atoms with E-state index in [4.69, 9.17) is 26.8 Å². The number of nitrogens with one attached hydrogen (secondary N) is 1. The first-order valence-corrected chi connectivity index (χ1v) is 6.58. The first-order valence-electron chi connectivity index (χ1n) is 6.20. The number of carbonyl (C=O) groups excluding carboxylic acids is 1. The maximum absolute atomic E-state index is 11.8. The van der Waals surface area contributed by atoms with Gasteiger partial charge in [0, 0.05) is 23.5 Å². The minimum absolute atomic E-state index is 0.166. The van der Waals surface area contributed by atoms with Gasteiger partial charge in [0.2, 0.25) is 0 Å². The van der Waals surface area contributed by atoms with Crippen molar-refractivity contribution in [1.29, 1.82) is 0 Å². The first kappa shape index (κ1) is 15.0. The highest BCUT2D eigenvalue weighted by atomic mass is 35.5. The van der Waals surface area contributed by atoms with Crippen LogP contribution in [-0.4, -0.2) is 19.6 Å². The molecule has 2 aromatic rings. The Morgan fingerprint density at radius 3 is 2.86 bits per heavy atom. The molecule has 0 aliphatic carbocycles. The Kier molecular flexibility index (Phi) is 4.90. The smallest absolute Gasteiger partial charge is 0.262 e. The number of anilines is 2. The van der Waals surface area contributed by atoms with Gasteiger partial charge in [0.25, 0.3) is 5.91 Å². The molecule has 0 unspecified atom stereocenters. The van der Waals surface area contributed by atoms with Crippen molar-refractivity contribution in [1.82, 2.24) is 0 Å². The molecule has 0 radical (unpaired) electrons. The molecule has 2 aromatic carbocycles.